The average molecular weight is 283 g/mol. The molecule has 0 fully saturated rings. The Morgan fingerprint density at radius 2 is 1.71 bits per heavy atom. The molecule has 0 aromatic heterocycles. The molecule has 2 aromatic carbocycles. The first kappa shape index (κ1) is 14.7. The largest absolute Gasteiger partial charge is 0.508 e. The van der Waals surface area contributed by atoms with Crippen LogP contribution in [0.4, 0.5) is 11.4 Å². The van der Waals surface area contributed by atoms with Crippen molar-refractivity contribution in [2.75, 3.05) is 11.5 Å². The van der Waals surface area contributed by atoms with Crippen LogP contribution in [0.15, 0.2) is 66.9 Å². The van der Waals surface area contributed by atoms with Crippen LogP contribution in [0.3, 0.4) is 0 Å². The zero-order valence-electron chi connectivity index (χ0n) is 11.8. The highest BCUT2D eigenvalue weighted by Gasteiger charge is 2.07. The molecule has 0 saturated heterocycles. The molecular formula is C17H17NO3. The Kier molecular flexibility index (Phi) is 4.99. The predicted octanol–water partition coefficient (Wildman–Crippen LogP) is 3.61. The normalized spacial score (nSPS) is 10.5. The number of ether oxygens (including phenoxy) is 1. The van der Waals surface area contributed by atoms with Crippen molar-refractivity contribution in [2.45, 2.75) is 6.92 Å². The molecule has 0 radical (unpaired) electrons. The average Bonchev–Trinajstić information content (AvgIpc) is 2.50. The topological polar surface area (TPSA) is 49.8 Å². The Bertz CT molecular complexity index is 606. The number of rotatable bonds is 5. The molecule has 0 saturated carbocycles. The van der Waals surface area contributed by atoms with Crippen molar-refractivity contribution in [3.8, 4) is 5.75 Å². The Hall–Kier alpha value is -2.75. The molecular weight excluding hydrogens is 266 g/mol. The summed E-state index contributed by atoms with van der Waals surface area (Å²) >= 11 is 0. The third kappa shape index (κ3) is 4.11. The highest BCUT2D eigenvalue weighted by molar-refractivity contribution is 5.83. The second kappa shape index (κ2) is 7.14. The number of carbonyl (C=O) groups excluding carboxylic acids is 1. The van der Waals surface area contributed by atoms with Crippen molar-refractivity contribution in [1.29, 1.82) is 0 Å². The molecule has 0 heterocycles. The quantitative estimate of drug-likeness (QED) is 0.672. The minimum Gasteiger partial charge on any atom is -0.508 e. The first-order valence-corrected chi connectivity index (χ1v) is 6.69. The minimum atomic E-state index is -0.391. The minimum absolute atomic E-state index is 0.195. The number of benzene rings is 2. The Morgan fingerprint density at radius 1 is 1.10 bits per heavy atom. The molecule has 0 aliphatic rings. The zero-order chi connectivity index (χ0) is 15.1. The predicted molar refractivity (Wildman–Crippen MR) is 82.5 cm³/mol. The second-order valence-electron chi connectivity index (χ2n) is 4.29. The number of hydrogen-bond donors (Lipinski definition) is 1. The monoisotopic (exact) mass is 283 g/mol. The maximum absolute atomic E-state index is 11.5. The Labute approximate surface area is 123 Å². The van der Waals surface area contributed by atoms with Gasteiger partial charge in [-0.25, -0.2) is 4.79 Å². The Morgan fingerprint density at radius 3 is 2.33 bits per heavy atom. The fraction of sp³-hybridized carbons (Fsp3) is 0.118. The highest BCUT2D eigenvalue weighted by Crippen LogP contribution is 2.27. The lowest BCUT2D eigenvalue weighted by molar-refractivity contribution is -0.137. The van der Waals surface area contributed by atoms with Crippen molar-refractivity contribution in [3.63, 3.8) is 0 Å². The van der Waals surface area contributed by atoms with Gasteiger partial charge in [0.15, 0.2) is 0 Å². The first-order chi connectivity index (χ1) is 10.2. The fourth-order valence-electron chi connectivity index (χ4n) is 1.85. The van der Waals surface area contributed by atoms with Gasteiger partial charge < -0.3 is 14.7 Å². The summed E-state index contributed by atoms with van der Waals surface area (Å²) in [6.45, 7) is 2.11. The van der Waals surface area contributed by atoms with Crippen LogP contribution in [0.25, 0.3) is 0 Å². The molecule has 0 spiro atoms. The van der Waals surface area contributed by atoms with Crippen LogP contribution < -0.4 is 4.90 Å². The third-order valence-electron chi connectivity index (χ3n) is 2.81. The van der Waals surface area contributed by atoms with Gasteiger partial charge in [0.05, 0.1) is 6.61 Å². The molecule has 2 aromatic rings. The standard InChI is InChI=1S/C17H17NO3/c1-2-21-17(20)12-13-18(14-6-4-3-5-7-14)15-8-10-16(19)11-9-15/h3-13,19H,2H2,1H3/b13-12+. The van der Waals surface area contributed by atoms with Gasteiger partial charge in [-0.15, -0.1) is 0 Å². The molecule has 4 nitrogen and oxygen atoms in total. The molecule has 0 bridgehead atoms. The van der Waals surface area contributed by atoms with Crippen LogP contribution in [0.2, 0.25) is 0 Å². The van der Waals surface area contributed by atoms with Crippen LogP contribution in [0, 0.1) is 0 Å². The lowest BCUT2D eigenvalue weighted by Crippen LogP contribution is -2.10. The van der Waals surface area contributed by atoms with Crippen molar-refractivity contribution in [2.24, 2.45) is 0 Å². The number of phenolic OH excluding ortho intramolecular Hbond substituents is 1. The number of phenols is 1. The van der Waals surface area contributed by atoms with Crippen molar-refractivity contribution in [3.05, 3.63) is 66.9 Å². The molecule has 21 heavy (non-hydrogen) atoms. The van der Waals surface area contributed by atoms with Gasteiger partial charge in [-0.1, -0.05) is 18.2 Å². The van der Waals surface area contributed by atoms with Crippen LogP contribution in [-0.4, -0.2) is 17.7 Å². The third-order valence-corrected chi connectivity index (χ3v) is 2.81. The van der Waals surface area contributed by atoms with E-state index < -0.39 is 5.97 Å². The molecule has 0 aliphatic carbocycles. The van der Waals surface area contributed by atoms with Crippen molar-refractivity contribution < 1.29 is 14.6 Å². The molecule has 0 unspecified atom stereocenters. The summed E-state index contributed by atoms with van der Waals surface area (Å²) in [5.41, 5.74) is 1.74. The van der Waals surface area contributed by atoms with E-state index in [1.165, 1.54) is 6.08 Å². The number of hydrogen-bond acceptors (Lipinski definition) is 4. The van der Waals surface area contributed by atoms with E-state index in [0.717, 1.165) is 11.4 Å². The lowest BCUT2D eigenvalue weighted by atomic mass is 10.2. The van der Waals surface area contributed by atoms with Gasteiger partial charge in [0.1, 0.15) is 5.75 Å². The number of esters is 1. The molecule has 0 atom stereocenters. The van der Waals surface area contributed by atoms with Crippen LogP contribution >= 0.6 is 0 Å². The van der Waals surface area contributed by atoms with E-state index in [1.54, 1.807) is 37.4 Å². The maximum atomic E-state index is 11.5. The number of anilines is 2. The van der Waals surface area contributed by atoms with Crippen LogP contribution in [0.1, 0.15) is 6.92 Å². The number of carbonyl (C=O) groups is 1. The summed E-state index contributed by atoms with van der Waals surface area (Å²) in [6.07, 6.45) is 3.03. The lowest BCUT2D eigenvalue weighted by Gasteiger charge is -2.20. The zero-order valence-corrected chi connectivity index (χ0v) is 11.8. The smallest absolute Gasteiger partial charge is 0.332 e. The SMILES string of the molecule is CCOC(=O)/C=C/N(c1ccccc1)c1ccc(O)cc1. The summed E-state index contributed by atoms with van der Waals surface area (Å²) in [7, 11) is 0. The van der Waals surface area contributed by atoms with E-state index in [4.69, 9.17) is 4.74 Å². The van der Waals surface area contributed by atoms with E-state index >= 15 is 0 Å². The molecule has 0 aliphatic heterocycles. The van der Waals surface area contributed by atoms with Gasteiger partial charge in [0.2, 0.25) is 0 Å². The molecule has 1 N–H and O–H groups in total. The van der Waals surface area contributed by atoms with E-state index in [9.17, 15) is 9.90 Å². The molecule has 2 rings (SSSR count). The first-order valence-electron chi connectivity index (χ1n) is 6.69. The summed E-state index contributed by atoms with van der Waals surface area (Å²) < 4.78 is 4.89. The second-order valence-corrected chi connectivity index (χ2v) is 4.29. The number of para-hydroxylation sites is 1. The maximum Gasteiger partial charge on any atom is 0.332 e. The van der Waals surface area contributed by atoms with Crippen molar-refractivity contribution >= 4 is 17.3 Å². The van der Waals surface area contributed by atoms with Gasteiger partial charge in [-0.3, -0.25) is 0 Å². The summed E-state index contributed by atoms with van der Waals surface area (Å²) in [5, 5.41) is 9.39. The van der Waals surface area contributed by atoms with Gasteiger partial charge in [0.25, 0.3) is 0 Å². The Balaban J connectivity index is 2.31. The molecule has 4 heteroatoms. The van der Waals surface area contributed by atoms with Gasteiger partial charge >= 0.3 is 5.97 Å². The summed E-state index contributed by atoms with van der Waals surface area (Å²) in [5.74, 6) is -0.196. The fourth-order valence-corrected chi connectivity index (χ4v) is 1.85. The van der Waals surface area contributed by atoms with Gasteiger partial charge in [-0.05, 0) is 43.3 Å². The van der Waals surface area contributed by atoms with Crippen molar-refractivity contribution in [1.82, 2.24) is 0 Å². The molecule has 108 valence electrons. The number of aromatic hydroxyl groups is 1. The van der Waals surface area contributed by atoms with E-state index in [2.05, 4.69) is 0 Å². The van der Waals surface area contributed by atoms with E-state index in [-0.39, 0.29) is 5.75 Å². The summed E-state index contributed by atoms with van der Waals surface area (Å²) in [4.78, 5) is 13.3. The van der Waals surface area contributed by atoms with E-state index in [1.807, 2.05) is 35.2 Å². The number of nitrogens with zero attached hydrogens (tertiary/aromatic N) is 1. The van der Waals surface area contributed by atoms with E-state index in [0.29, 0.717) is 6.61 Å². The molecule has 0 amide bonds. The van der Waals surface area contributed by atoms with Crippen LogP contribution in [-0.2, 0) is 9.53 Å². The highest BCUT2D eigenvalue weighted by atomic mass is 16.5. The van der Waals surface area contributed by atoms with Gasteiger partial charge in [-0.2, -0.15) is 0 Å². The van der Waals surface area contributed by atoms with Gasteiger partial charge in [0, 0.05) is 23.7 Å². The summed E-state index contributed by atoms with van der Waals surface area (Å²) in [6, 6.07) is 16.4. The van der Waals surface area contributed by atoms with Crippen LogP contribution in [0.5, 0.6) is 5.75 Å².